The normalized spacial score (nSPS) is 19.9. The summed E-state index contributed by atoms with van der Waals surface area (Å²) in [5.74, 6) is 0.121. The lowest BCUT2D eigenvalue weighted by Gasteiger charge is -2.35. The number of hydrogen-bond acceptors (Lipinski definition) is 4. The van der Waals surface area contributed by atoms with E-state index in [1.54, 1.807) is 4.90 Å². The summed E-state index contributed by atoms with van der Waals surface area (Å²) in [7, 11) is 0. The number of carbonyl (C=O) groups excluding carboxylic acids is 2. The zero-order valence-electron chi connectivity index (χ0n) is 20.2. The van der Waals surface area contributed by atoms with Crippen molar-refractivity contribution in [2.45, 2.75) is 78.0 Å². The molecule has 0 aromatic carbocycles. The fourth-order valence-corrected chi connectivity index (χ4v) is 4.50. The van der Waals surface area contributed by atoms with Gasteiger partial charge < -0.3 is 19.1 Å². The average Bonchev–Trinajstić information content (AvgIpc) is 3.02. The van der Waals surface area contributed by atoms with Crippen LogP contribution in [-0.4, -0.2) is 81.7 Å². The maximum absolute atomic E-state index is 13.4. The van der Waals surface area contributed by atoms with Gasteiger partial charge >= 0.3 is 6.09 Å². The van der Waals surface area contributed by atoms with Gasteiger partial charge in [0.1, 0.15) is 11.3 Å². The molecule has 0 unspecified atom stereocenters. The first-order valence-electron chi connectivity index (χ1n) is 11.6. The summed E-state index contributed by atoms with van der Waals surface area (Å²) in [6, 6.07) is 4.13. The topological polar surface area (TPSA) is 58.0 Å². The first-order chi connectivity index (χ1) is 14.5. The highest BCUT2D eigenvalue weighted by molar-refractivity contribution is 5.92. The highest BCUT2D eigenvalue weighted by Gasteiger charge is 2.31. The number of amides is 2. The van der Waals surface area contributed by atoms with Gasteiger partial charge in [-0.1, -0.05) is 0 Å². The van der Waals surface area contributed by atoms with Crippen LogP contribution in [0.3, 0.4) is 0 Å². The van der Waals surface area contributed by atoms with Crippen molar-refractivity contribution >= 4 is 12.0 Å². The molecule has 2 aliphatic rings. The second-order valence-electron chi connectivity index (χ2n) is 10.8. The van der Waals surface area contributed by atoms with E-state index in [4.69, 9.17) is 4.74 Å². The standard InChI is InChI=1S/C24H40N4O3/c1-23(2,3)27-13-8-12-25(17-18-27)21(29)20-9-7-14-28(20)19-10-15-26(16-11-19)22(30)31-24(4,5)6/h7,9,14,19H,8,10-13,15-18H2,1-6H3. The molecule has 0 radical (unpaired) electrons. The second-order valence-corrected chi connectivity index (χ2v) is 10.8. The van der Waals surface area contributed by atoms with Crippen LogP contribution in [0.25, 0.3) is 0 Å². The van der Waals surface area contributed by atoms with E-state index >= 15 is 0 Å². The Kier molecular flexibility index (Phi) is 7.04. The summed E-state index contributed by atoms with van der Waals surface area (Å²) in [5.41, 5.74) is 0.408. The minimum absolute atomic E-state index is 0.121. The summed E-state index contributed by atoms with van der Waals surface area (Å²) < 4.78 is 7.63. The van der Waals surface area contributed by atoms with Gasteiger partial charge in [-0.05, 0) is 72.9 Å². The largest absolute Gasteiger partial charge is 0.444 e. The molecule has 3 rings (SSSR count). The number of likely N-dealkylation sites (tertiary alicyclic amines) is 1. The Balaban J connectivity index is 1.61. The Morgan fingerprint density at radius 2 is 1.58 bits per heavy atom. The fourth-order valence-electron chi connectivity index (χ4n) is 4.50. The molecule has 2 fully saturated rings. The Morgan fingerprint density at radius 3 is 2.19 bits per heavy atom. The molecular formula is C24H40N4O3. The molecule has 0 bridgehead atoms. The van der Waals surface area contributed by atoms with Crippen LogP contribution < -0.4 is 0 Å². The number of hydrogen-bond donors (Lipinski definition) is 0. The van der Waals surface area contributed by atoms with Crippen LogP contribution >= 0.6 is 0 Å². The SMILES string of the molecule is CC(C)(C)OC(=O)N1CCC(n2cccc2C(=O)N2CCCN(C(C)(C)C)CC2)CC1. The monoisotopic (exact) mass is 432 g/mol. The van der Waals surface area contributed by atoms with Crippen molar-refractivity contribution in [2.24, 2.45) is 0 Å². The smallest absolute Gasteiger partial charge is 0.410 e. The Bertz CT molecular complexity index is 767. The summed E-state index contributed by atoms with van der Waals surface area (Å²) in [6.07, 6.45) is 4.42. The number of rotatable bonds is 2. The highest BCUT2D eigenvalue weighted by Crippen LogP contribution is 2.27. The summed E-state index contributed by atoms with van der Waals surface area (Å²) >= 11 is 0. The second kappa shape index (κ2) is 9.23. The van der Waals surface area contributed by atoms with Crippen molar-refractivity contribution in [3.8, 4) is 0 Å². The van der Waals surface area contributed by atoms with Gasteiger partial charge in [0.15, 0.2) is 0 Å². The molecular weight excluding hydrogens is 392 g/mol. The first kappa shape index (κ1) is 23.6. The number of aromatic nitrogens is 1. The molecule has 0 atom stereocenters. The van der Waals surface area contributed by atoms with Crippen LogP contribution in [-0.2, 0) is 4.74 Å². The summed E-state index contributed by atoms with van der Waals surface area (Å²) in [5, 5.41) is 0. The van der Waals surface area contributed by atoms with Crippen molar-refractivity contribution in [2.75, 3.05) is 39.3 Å². The predicted octanol–water partition coefficient (Wildman–Crippen LogP) is 4.01. The zero-order valence-corrected chi connectivity index (χ0v) is 20.2. The maximum atomic E-state index is 13.4. The summed E-state index contributed by atoms with van der Waals surface area (Å²) in [4.78, 5) is 32.0. The van der Waals surface area contributed by atoms with Crippen molar-refractivity contribution in [3.05, 3.63) is 24.0 Å². The molecule has 2 aliphatic heterocycles. The van der Waals surface area contributed by atoms with E-state index in [1.165, 1.54) is 0 Å². The van der Waals surface area contributed by atoms with Crippen LogP contribution in [0.15, 0.2) is 18.3 Å². The third kappa shape index (κ3) is 6.03. The maximum Gasteiger partial charge on any atom is 0.410 e. The van der Waals surface area contributed by atoms with Crippen LogP contribution in [0.2, 0.25) is 0 Å². The Hall–Kier alpha value is -2.02. The highest BCUT2D eigenvalue weighted by atomic mass is 16.6. The Morgan fingerprint density at radius 1 is 0.903 bits per heavy atom. The van der Waals surface area contributed by atoms with Gasteiger partial charge in [-0.15, -0.1) is 0 Å². The summed E-state index contributed by atoms with van der Waals surface area (Å²) in [6.45, 7) is 17.2. The third-order valence-electron chi connectivity index (χ3n) is 6.24. The molecule has 0 aliphatic carbocycles. The van der Waals surface area contributed by atoms with E-state index in [9.17, 15) is 9.59 Å². The molecule has 31 heavy (non-hydrogen) atoms. The van der Waals surface area contributed by atoms with E-state index in [2.05, 4.69) is 30.2 Å². The van der Waals surface area contributed by atoms with Crippen molar-refractivity contribution in [3.63, 3.8) is 0 Å². The first-order valence-corrected chi connectivity index (χ1v) is 11.6. The molecule has 0 N–H and O–H groups in total. The van der Waals surface area contributed by atoms with Gasteiger partial charge in [0.05, 0.1) is 0 Å². The van der Waals surface area contributed by atoms with Gasteiger partial charge in [0.2, 0.25) is 0 Å². The lowest BCUT2D eigenvalue weighted by Crippen LogP contribution is -2.44. The third-order valence-corrected chi connectivity index (χ3v) is 6.24. The van der Waals surface area contributed by atoms with Crippen LogP contribution in [0.1, 0.15) is 77.3 Å². The molecule has 3 heterocycles. The minimum atomic E-state index is -0.482. The molecule has 174 valence electrons. The molecule has 1 aromatic rings. The fraction of sp³-hybridized carbons (Fsp3) is 0.750. The molecule has 2 amide bonds. The van der Waals surface area contributed by atoms with Crippen molar-refractivity contribution < 1.29 is 14.3 Å². The van der Waals surface area contributed by atoms with E-state index in [0.717, 1.165) is 51.1 Å². The van der Waals surface area contributed by atoms with E-state index in [1.807, 2.05) is 44.0 Å². The van der Waals surface area contributed by atoms with Crippen LogP contribution in [0, 0.1) is 0 Å². The average molecular weight is 433 g/mol. The van der Waals surface area contributed by atoms with Gasteiger partial charge in [-0.3, -0.25) is 9.69 Å². The van der Waals surface area contributed by atoms with Crippen LogP contribution in [0.4, 0.5) is 4.79 Å². The lowest BCUT2D eigenvalue weighted by atomic mass is 10.0. The molecule has 0 saturated carbocycles. The predicted molar refractivity (Wildman–Crippen MR) is 122 cm³/mol. The van der Waals surface area contributed by atoms with Crippen molar-refractivity contribution in [1.29, 1.82) is 0 Å². The lowest BCUT2D eigenvalue weighted by molar-refractivity contribution is 0.0186. The number of piperidine rings is 1. The van der Waals surface area contributed by atoms with Gasteiger partial charge in [-0.2, -0.15) is 0 Å². The van der Waals surface area contributed by atoms with Crippen molar-refractivity contribution in [1.82, 2.24) is 19.3 Å². The van der Waals surface area contributed by atoms with Gasteiger partial charge in [-0.25, -0.2) is 4.79 Å². The number of nitrogens with zero attached hydrogens (tertiary/aromatic N) is 4. The van der Waals surface area contributed by atoms with Crippen LogP contribution in [0.5, 0.6) is 0 Å². The van der Waals surface area contributed by atoms with Gasteiger partial charge in [0, 0.05) is 57.0 Å². The minimum Gasteiger partial charge on any atom is -0.444 e. The van der Waals surface area contributed by atoms with Gasteiger partial charge in [0.25, 0.3) is 5.91 Å². The molecule has 2 saturated heterocycles. The molecule has 7 heteroatoms. The number of ether oxygens (including phenoxy) is 1. The quantitative estimate of drug-likeness (QED) is 0.709. The van der Waals surface area contributed by atoms with E-state index < -0.39 is 5.60 Å². The van der Waals surface area contributed by atoms with E-state index in [0.29, 0.717) is 13.1 Å². The zero-order chi connectivity index (χ0) is 22.8. The Labute approximate surface area is 187 Å². The molecule has 0 spiro atoms. The molecule has 1 aromatic heterocycles. The number of carbonyl (C=O) groups is 2. The van der Waals surface area contributed by atoms with E-state index in [-0.39, 0.29) is 23.6 Å². The molecule has 7 nitrogen and oxygen atoms in total.